The molecular weight excluding hydrogens is 176 g/mol. The van der Waals surface area contributed by atoms with Gasteiger partial charge in [-0.3, -0.25) is 4.79 Å². The molecule has 0 aromatic carbocycles. The van der Waals surface area contributed by atoms with Gasteiger partial charge >= 0.3 is 0 Å². The van der Waals surface area contributed by atoms with Gasteiger partial charge in [0.25, 0.3) is 0 Å². The highest BCUT2D eigenvalue weighted by Gasteiger charge is 2.24. The molecule has 1 atom stereocenters. The van der Waals surface area contributed by atoms with E-state index in [1.54, 1.807) is 0 Å². The van der Waals surface area contributed by atoms with Crippen LogP contribution in [0.1, 0.15) is 33.1 Å². The Bertz CT molecular complexity index is 182. The fraction of sp³-hybridized carbons (Fsp3) is 0.909. The van der Waals surface area contributed by atoms with Crippen molar-refractivity contribution in [3.8, 4) is 0 Å². The predicted molar refractivity (Wildman–Crippen MR) is 58.1 cm³/mol. The summed E-state index contributed by atoms with van der Waals surface area (Å²) in [4.78, 5) is 13.6. The number of amides is 1. The summed E-state index contributed by atoms with van der Waals surface area (Å²) in [5, 5.41) is 3.34. The normalized spacial score (nSPS) is 21.6. The standard InChI is InChI=1S/C11H22N2O/c1-3-5-11(14)13-7-6-10(9-13)8-12-4-2/h10,12H,3-9H2,1-2H3. The molecule has 14 heavy (non-hydrogen) atoms. The van der Waals surface area contributed by atoms with Gasteiger partial charge in [0.15, 0.2) is 0 Å². The molecule has 1 saturated heterocycles. The van der Waals surface area contributed by atoms with E-state index in [-0.39, 0.29) is 0 Å². The second-order valence-electron chi connectivity index (χ2n) is 4.05. The fourth-order valence-corrected chi connectivity index (χ4v) is 1.95. The zero-order chi connectivity index (χ0) is 10.4. The van der Waals surface area contributed by atoms with Gasteiger partial charge < -0.3 is 10.2 Å². The van der Waals surface area contributed by atoms with Crippen molar-refractivity contribution < 1.29 is 4.79 Å². The summed E-state index contributed by atoms with van der Waals surface area (Å²) in [6.07, 6.45) is 2.85. The lowest BCUT2D eigenvalue weighted by Crippen LogP contribution is -2.30. The molecule has 82 valence electrons. The molecule has 3 nitrogen and oxygen atoms in total. The molecule has 1 amide bonds. The molecule has 0 aromatic rings. The highest BCUT2D eigenvalue weighted by Crippen LogP contribution is 2.16. The summed E-state index contributed by atoms with van der Waals surface area (Å²) < 4.78 is 0. The van der Waals surface area contributed by atoms with Crippen LogP contribution in [0.25, 0.3) is 0 Å². The smallest absolute Gasteiger partial charge is 0.222 e. The van der Waals surface area contributed by atoms with Gasteiger partial charge in [0.2, 0.25) is 5.91 Å². The first-order valence-electron chi connectivity index (χ1n) is 5.76. The highest BCUT2D eigenvalue weighted by atomic mass is 16.2. The molecule has 0 radical (unpaired) electrons. The minimum atomic E-state index is 0.339. The second-order valence-corrected chi connectivity index (χ2v) is 4.05. The maximum Gasteiger partial charge on any atom is 0.222 e. The van der Waals surface area contributed by atoms with E-state index in [1.807, 2.05) is 4.90 Å². The predicted octanol–water partition coefficient (Wildman–Crippen LogP) is 1.24. The van der Waals surface area contributed by atoms with Gasteiger partial charge in [-0.25, -0.2) is 0 Å². The molecule has 0 saturated carbocycles. The lowest BCUT2D eigenvalue weighted by Gasteiger charge is -2.16. The number of rotatable bonds is 5. The molecule has 1 N–H and O–H groups in total. The van der Waals surface area contributed by atoms with Gasteiger partial charge in [-0.05, 0) is 31.8 Å². The zero-order valence-electron chi connectivity index (χ0n) is 9.38. The van der Waals surface area contributed by atoms with E-state index in [2.05, 4.69) is 19.2 Å². The number of carbonyl (C=O) groups is 1. The number of hydrogen-bond donors (Lipinski definition) is 1. The van der Waals surface area contributed by atoms with Gasteiger partial charge in [-0.2, -0.15) is 0 Å². The molecule has 1 rings (SSSR count). The lowest BCUT2D eigenvalue weighted by atomic mass is 10.1. The molecule has 0 spiro atoms. The summed E-state index contributed by atoms with van der Waals surface area (Å²) in [6.45, 7) is 8.20. The molecule has 0 aliphatic carbocycles. The first-order chi connectivity index (χ1) is 6.77. The third-order valence-electron chi connectivity index (χ3n) is 2.79. The number of nitrogens with one attached hydrogen (secondary N) is 1. The third-order valence-corrected chi connectivity index (χ3v) is 2.79. The van der Waals surface area contributed by atoms with Crippen LogP contribution in [0.4, 0.5) is 0 Å². The Morgan fingerprint density at radius 1 is 1.50 bits per heavy atom. The van der Waals surface area contributed by atoms with E-state index in [0.717, 1.165) is 32.6 Å². The Balaban J connectivity index is 2.22. The van der Waals surface area contributed by atoms with Gasteiger partial charge in [-0.15, -0.1) is 0 Å². The molecule has 0 aromatic heterocycles. The first kappa shape index (κ1) is 11.5. The summed E-state index contributed by atoms with van der Waals surface area (Å²) >= 11 is 0. The largest absolute Gasteiger partial charge is 0.342 e. The van der Waals surface area contributed by atoms with Crippen molar-refractivity contribution in [3.05, 3.63) is 0 Å². The van der Waals surface area contributed by atoms with Crippen LogP contribution in [-0.2, 0) is 4.79 Å². The van der Waals surface area contributed by atoms with E-state index < -0.39 is 0 Å². The quantitative estimate of drug-likeness (QED) is 0.721. The van der Waals surface area contributed by atoms with Crippen LogP contribution in [0, 0.1) is 5.92 Å². The monoisotopic (exact) mass is 198 g/mol. The molecular formula is C11H22N2O. The van der Waals surface area contributed by atoms with Crippen LogP contribution in [0.5, 0.6) is 0 Å². The van der Waals surface area contributed by atoms with Crippen molar-refractivity contribution in [2.45, 2.75) is 33.1 Å². The van der Waals surface area contributed by atoms with E-state index in [1.165, 1.54) is 6.42 Å². The highest BCUT2D eigenvalue weighted by molar-refractivity contribution is 5.76. The minimum absolute atomic E-state index is 0.339. The molecule has 3 heteroatoms. The van der Waals surface area contributed by atoms with Crippen molar-refractivity contribution >= 4 is 5.91 Å². The summed E-state index contributed by atoms with van der Waals surface area (Å²) in [5.41, 5.74) is 0. The topological polar surface area (TPSA) is 32.3 Å². The Labute approximate surface area is 86.9 Å². The Hall–Kier alpha value is -0.570. The van der Waals surface area contributed by atoms with Crippen LogP contribution < -0.4 is 5.32 Å². The molecule has 1 aliphatic rings. The minimum Gasteiger partial charge on any atom is -0.342 e. The van der Waals surface area contributed by atoms with Crippen LogP contribution in [0.3, 0.4) is 0 Å². The lowest BCUT2D eigenvalue weighted by molar-refractivity contribution is -0.130. The average molecular weight is 198 g/mol. The van der Waals surface area contributed by atoms with Crippen LogP contribution in [-0.4, -0.2) is 37.0 Å². The van der Waals surface area contributed by atoms with Crippen molar-refractivity contribution in [2.75, 3.05) is 26.2 Å². The molecule has 1 aliphatic heterocycles. The first-order valence-corrected chi connectivity index (χ1v) is 5.76. The van der Waals surface area contributed by atoms with E-state index in [4.69, 9.17) is 0 Å². The van der Waals surface area contributed by atoms with E-state index in [9.17, 15) is 4.79 Å². The summed E-state index contributed by atoms with van der Waals surface area (Å²) in [7, 11) is 0. The maximum atomic E-state index is 11.6. The van der Waals surface area contributed by atoms with Crippen molar-refractivity contribution in [1.82, 2.24) is 10.2 Å². The van der Waals surface area contributed by atoms with Crippen LogP contribution in [0.2, 0.25) is 0 Å². The van der Waals surface area contributed by atoms with Gasteiger partial charge in [0.05, 0.1) is 0 Å². The van der Waals surface area contributed by atoms with Crippen LogP contribution >= 0.6 is 0 Å². The number of hydrogen-bond acceptors (Lipinski definition) is 2. The van der Waals surface area contributed by atoms with Crippen molar-refractivity contribution in [1.29, 1.82) is 0 Å². The van der Waals surface area contributed by atoms with Crippen LogP contribution in [0.15, 0.2) is 0 Å². The second kappa shape index (κ2) is 6.02. The Kier molecular flexibility index (Phi) is 4.94. The molecule has 1 unspecified atom stereocenters. The molecule has 1 fully saturated rings. The van der Waals surface area contributed by atoms with Gasteiger partial charge in [0, 0.05) is 19.5 Å². The van der Waals surface area contributed by atoms with Crippen molar-refractivity contribution in [2.24, 2.45) is 5.92 Å². The number of likely N-dealkylation sites (tertiary alicyclic amines) is 1. The number of nitrogens with zero attached hydrogens (tertiary/aromatic N) is 1. The Morgan fingerprint density at radius 2 is 2.29 bits per heavy atom. The van der Waals surface area contributed by atoms with E-state index in [0.29, 0.717) is 18.2 Å². The third kappa shape index (κ3) is 3.29. The zero-order valence-corrected chi connectivity index (χ0v) is 9.38. The van der Waals surface area contributed by atoms with Gasteiger partial charge in [-0.1, -0.05) is 13.8 Å². The van der Waals surface area contributed by atoms with Crippen molar-refractivity contribution in [3.63, 3.8) is 0 Å². The molecule has 0 bridgehead atoms. The molecule has 1 heterocycles. The fourth-order valence-electron chi connectivity index (χ4n) is 1.95. The number of carbonyl (C=O) groups excluding carboxylic acids is 1. The SMILES string of the molecule is CCCC(=O)N1CCC(CNCC)C1. The van der Waals surface area contributed by atoms with E-state index >= 15 is 0 Å². The Morgan fingerprint density at radius 3 is 2.93 bits per heavy atom. The summed E-state index contributed by atoms with van der Waals surface area (Å²) in [6, 6.07) is 0. The van der Waals surface area contributed by atoms with Gasteiger partial charge in [0.1, 0.15) is 0 Å². The maximum absolute atomic E-state index is 11.6. The average Bonchev–Trinajstić information content (AvgIpc) is 2.63. The summed E-state index contributed by atoms with van der Waals surface area (Å²) in [5.74, 6) is 1.02.